The molecule has 0 bridgehead atoms. The van der Waals surface area contributed by atoms with Gasteiger partial charge < -0.3 is 10.1 Å². The molecule has 1 aliphatic carbocycles. The van der Waals surface area contributed by atoms with Crippen molar-refractivity contribution >= 4 is 5.97 Å². The van der Waals surface area contributed by atoms with E-state index in [1.807, 2.05) is 0 Å². The largest absolute Gasteiger partial charge is 0.468 e. The standard InChI is InChI=1S/C13H25NO2/c1-5-9-14-13(11(15)16-4)8-6-7-12(2,3)10-13/h14H,5-10H2,1-4H3. The molecule has 0 aliphatic heterocycles. The van der Waals surface area contributed by atoms with Crippen molar-refractivity contribution in [3.05, 3.63) is 0 Å². The van der Waals surface area contributed by atoms with Crippen LogP contribution in [0, 0.1) is 5.41 Å². The molecule has 16 heavy (non-hydrogen) atoms. The van der Waals surface area contributed by atoms with Crippen molar-refractivity contribution in [1.82, 2.24) is 5.32 Å². The summed E-state index contributed by atoms with van der Waals surface area (Å²) in [5.74, 6) is -0.0891. The summed E-state index contributed by atoms with van der Waals surface area (Å²) in [6.07, 6.45) is 5.12. The van der Waals surface area contributed by atoms with Crippen LogP contribution in [-0.2, 0) is 9.53 Å². The van der Waals surface area contributed by atoms with Gasteiger partial charge in [-0.25, -0.2) is 0 Å². The van der Waals surface area contributed by atoms with Gasteiger partial charge in [-0.3, -0.25) is 4.79 Å². The fourth-order valence-electron chi connectivity index (χ4n) is 2.82. The summed E-state index contributed by atoms with van der Waals surface area (Å²) < 4.78 is 4.98. The molecule has 0 radical (unpaired) electrons. The van der Waals surface area contributed by atoms with Gasteiger partial charge in [0.1, 0.15) is 5.54 Å². The van der Waals surface area contributed by atoms with Gasteiger partial charge in [-0.1, -0.05) is 27.2 Å². The first kappa shape index (κ1) is 13.5. The molecule has 3 nitrogen and oxygen atoms in total. The van der Waals surface area contributed by atoms with Crippen molar-refractivity contribution in [2.75, 3.05) is 13.7 Å². The number of carbonyl (C=O) groups excluding carboxylic acids is 1. The van der Waals surface area contributed by atoms with E-state index in [-0.39, 0.29) is 11.4 Å². The van der Waals surface area contributed by atoms with Crippen molar-refractivity contribution in [3.8, 4) is 0 Å². The van der Waals surface area contributed by atoms with Crippen LogP contribution in [0.5, 0.6) is 0 Å². The SMILES string of the molecule is CCCNC1(C(=O)OC)CCCC(C)(C)C1. The third-order valence-corrected chi connectivity index (χ3v) is 3.53. The number of esters is 1. The van der Waals surface area contributed by atoms with E-state index in [9.17, 15) is 4.79 Å². The summed E-state index contributed by atoms with van der Waals surface area (Å²) >= 11 is 0. The number of rotatable bonds is 4. The van der Waals surface area contributed by atoms with Gasteiger partial charge in [0.05, 0.1) is 7.11 Å². The van der Waals surface area contributed by atoms with E-state index in [2.05, 4.69) is 26.1 Å². The molecule has 1 rings (SSSR count). The summed E-state index contributed by atoms with van der Waals surface area (Å²) in [6, 6.07) is 0. The van der Waals surface area contributed by atoms with Crippen molar-refractivity contribution < 1.29 is 9.53 Å². The monoisotopic (exact) mass is 227 g/mol. The average molecular weight is 227 g/mol. The van der Waals surface area contributed by atoms with Crippen LogP contribution in [0.2, 0.25) is 0 Å². The molecule has 1 atom stereocenters. The van der Waals surface area contributed by atoms with E-state index in [0.29, 0.717) is 0 Å². The van der Waals surface area contributed by atoms with Crippen LogP contribution in [0.3, 0.4) is 0 Å². The molecule has 3 heteroatoms. The Kier molecular flexibility index (Phi) is 4.36. The number of ether oxygens (including phenoxy) is 1. The number of nitrogens with one attached hydrogen (secondary N) is 1. The normalized spacial score (nSPS) is 28.8. The van der Waals surface area contributed by atoms with Gasteiger partial charge in [-0.15, -0.1) is 0 Å². The van der Waals surface area contributed by atoms with Crippen molar-refractivity contribution in [1.29, 1.82) is 0 Å². The van der Waals surface area contributed by atoms with Gasteiger partial charge in [-0.05, 0) is 37.6 Å². The zero-order valence-electron chi connectivity index (χ0n) is 11.1. The molecule has 0 saturated heterocycles. The van der Waals surface area contributed by atoms with E-state index in [0.717, 1.165) is 32.2 Å². The molecule has 94 valence electrons. The van der Waals surface area contributed by atoms with E-state index in [1.54, 1.807) is 0 Å². The smallest absolute Gasteiger partial charge is 0.326 e. The van der Waals surface area contributed by atoms with Crippen molar-refractivity contribution in [2.24, 2.45) is 5.41 Å². The predicted molar refractivity (Wildman–Crippen MR) is 65.3 cm³/mol. The van der Waals surface area contributed by atoms with Crippen LogP contribution in [0.4, 0.5) is 0 Å². The first-order valence-corrected chi connectivity index (χ1v) is 6.29. The zero-order valence-corrected chi connectivity index (χ0v) is 11.1. The highest BCUT2D eigenvalue weighted by Crippen LogP contribution is 2.41. The minimum absolute atomic E-state index is 0.0891. The summed E-state index contributed by atoms with van der Waals surface area (Å²) in [5.41, 5.74) is -0.209. The summed E-state index contributed by atoms with van der Waals surface area (Å²) in [6.45, 7) is 7.46. The Hall–Kier alpha value is -0.570. The highest BCUT2D eigenvalue weighted by atomic mass is 16.5. The minimum Gasteiger partial charge on any atom is -0.468 e. The minimum atomic E-state index is -0.438. The lowest BCUT2D eigenvalue weighted by molar-refractivity contribution is -0.152. The Bertz CT molecular complexity index is 250. The molecule has 1 aliphatic rings. The first-order chi connectivity index (χ1) is 7.46. The van der Waals surface area contributed by atoms with Crippen LogP contribution in [0.25, 0.3) is 0 Å². The molecule has 0 aromatic rings. The number of hydrogen-bond acceptors (Lipinski definition) is 3. The van der Waals surface area contributed by atoms with Crippen molar-refractivity contribution in [2.45, 2.75) is 58.4 Å². The van der Waals surface area contributed by atoms with Crippen LogP contribution >= 0.6 is 0 Å². The molecule has 1 unspecified atom stereocenters. The second kappa shape index (κ2) is 5.17. The Morgan fingerprint density at radius 1 is 1.38 bits per heavy atom. The number of methoxy groups -OCH3 is 1. The first-order valence-electron chi connectivity index (χ1n) is 6.29. The molecule has 0 spiro atoms. The molecule has 0 aromatic heterocycles. The fourth-order valence-corrected chi connectivity index (χ4v) is 2.82. The molecule has 1 N–H and O–H groups in total. The van der Waals surface area contributed by atoms with E-state index >= 15 is 0 Å². The summed E-state index contributed by atoms with van der Waals surface area (Å²) in [5, 5.41) is 3.42. The van der Waals surface area contributed by atoms with Gasteiger partial charge >= 0.3 is 5.97 Å². The molecule has 1 saturated carbocycles. The second-order valence-electron chi connectivity index (χ2n) is 5.70. The summed E-state index contributed by atoms with van der Waals surface area (Å²) in [7, 11) is 1.49. The molecule has 0 amide bonds. The van der Waals surface area contributed by atoms with Gasteiger partial charge in [-0.2, -0.15) is 0 Å². The van der Waals surface area contributed by atoms with Crippen LogP contribution in [0.1, 0.15) is 52.9 Å². The highest BCUT2D eigenvalue weighted by molar-refractivity contribution is 5.81. The van der Waals surface area contributed by atoms with E-state index in [4.69, 9.17) is 4.74 Å². The maximum absolute atomic E-state index is 12.0. The molecule has 0 heterocycles. The molecular weight excluding hydrogens is 202 g/mol. The second-order valence-corrected chi connectivity index (χ2v) is 5.70. The Morgan fingerprint density at radius 3 is 2.56 bits per heavy atom. The van der Waals surface area contributed by atoms with Crippen molar-refractivity contribution in [3.63, 3.8) is 0 Å². The lowest BCUT2D eigenvalue weighted by Crippen LogP contribution is -2.57. The summed E-state index contributed by atoms with van der Waals surface area (Å²) in [4.78, 5) is 12.0. The Morgan fingerprint density at radius 2 is 2.06 bits per heavy atom. The molecule has 1 fully saturated rings. The Balaban J connectivity index is 2.81. The fraction of sp³-hybridized carbons (Fsp3) is 0.923. The third kappa shape index (κ3) is 2.97. The van der Waals surface area contributed by atoms with Gasteiger partial charge in [0.2, 0.25) is 0 Å². The van der Waals surface area contributed by atoms with Gasteiger partial charge in [0, 0.05) is 0 Å². The maximum Gasteiger partial charge on any atom is 0.326 e. The van der Waals surface area contributed by atoms with Gasteiger partial charge in [0.15, 0.2) is 0 Å². The van der Waals surface area contributed by atoms with Crippen LogP contribution in [-0.4, -0.2) is 25.2 Å². The quantitative estimate of drug-likeness (QED) is 0.750. The molecular formula is C13H25NO2. The topological polar surface area (TPSA) is 38.3 Å². The maximum atomic E-state index is 12.0. The lowest BCUT2D eigenvalue weighted by atomic mass is 9.68. The zero-order chi connectivity index (χ0) is 12.2. The third-order valence-electron chi connectivity index (χ3n) is 3.53. The number of hydrogen-bond donors (Lipinski definition) is 1. The van der Waals surface area contributed by atoms with Crippen LogP contribution < -0.4 is 5.32 Å². The van der Waals surface area contributed by atoms with E-state index in [1.165, 1.54) is 13.5 Å². The van der Waals surface area contributed by atoms with Crippen LogP contribution in [0.15, 0.2) is 0 Å². The number of carbonyl (C=O) groups is 1. The average Bonchev–Trinajstić information content (AvgIpc) is 2.24. The Labute approximate surface area is 98.9 Å². The lowest BCUT2D eigenvalue weighted by Gasteiger charge is -2.43. The predicted octanol–water partition coefficient (Wildman–Crippen LogP) is 2.50. The molecule has 0 aromatic carbocycles. The van der Waals surface area contributed by atoms with Gasteiger partial charge in [0.25, 0.3) is 0 Å². The highest BCUT2D eigenvalue weighted by Gasteiger charge is 2.45. The van der Waals surface area contributed by atoms with E-state index < -0.39 is 5.54 Å².